The van der Waals surface area contributed by atoms with Gasteiger partial charge in [0.1, 0.15) is 6.73 Å². The topological polar surface area (TPSA) is 108 Å². The molecule has 0 unspecified atom stereocenters. The Bertz CT molecular complexity index is 207. The lowest BCUT2D eigenvalue weighted by atomic mass is 10.4. The number of hydrogen-bond acceptors (Lipinski definition) is 7. The summed E-state index contributed by atoms with van der Waals surface area (Å²) in [5, 5.41) is 44.7. The lowest BCUT2D eigenvalue weighted by Crippen LogP contribution is -2.32. The molecule has 0 fully saturated rings. The first kappa shape index (κ1) is 16.1. The molecule has 5 N–H and O–H groups in total. The van der Waals surface area contributed by atoms with Crippen molar-refractivity contribution in [2.75, 3.05) is 52.8 Å². The molecule has 0 bridgehead atoms. The zero-order chi connectivity index (χ0) is 13.1. The molecule has 0 amide bonds. The molecule has 7 heteroatoms. The Kier molecular flexibility index (Phi) is 9.78. The van der Waals surface area contributed by atoms with Gasteiger partial charge in [-0.3, -0.25) is 0 Å². The second kappa shape index (κ2) is 10.3. The van der Waals surface area contributed by atoms with E-state index in [1.54, 1.807) is 11.1 Å². The molecule has 0 heterocycles. The van der Waals surface area contributed by atoms with E-state index in [2.05, 4.69) is 0 Å². The van der Waals surface area contributed by atoms with Crippen molar-refractivity contribution in [3.05, 3.63) is 11.9 Å². The van der Waals surface area contributed by atoms with Crippen LogP contribution in [0.5, 0.6) is 0 Å². The smallest absolute Gasteiger partial charge is 0.115 e. The molecule has 17 heavy (non-hydrogen) atoms. The second-order valence-electron chi connectivity index (χ2n) is 3.39. The Balaban J connectivity index is 4.64. The Morgan fingerprint density at radius 3 is 1.71 bits per heavy atom. The first-order valence-electron chi connectivity index (χ1n) is 5.47. The SMILES string of the molecule is OCCN(C=C(CO)N(CO)CCO)CCO. The van der Waals surface area contributed by atoms with Crippen LogP contribution in [0.3, 0.4) is 0 Å². The minimum Gasteiger partial charge on any atom is -0.395 e. The number of rotatable bonds is 10. The van der Waals surface area contributed by atoms with Gasteiger partial charge in [0.25, 0.3) is 0 Å². The molecule has 0 radical (unpaired) electrons. The van der Waals surface area contributed by atoms with Crippen molar-refractivity contribution >= 4 is 0 Å². The summed E-state index contributed by atoms with van der Waals surface area (Å²) in [6, 6.07) is 0. The molecule has 0 aromatic carbocycles. The lowest BCUT2D eigenvalue weighted by molar-refractivity contribution is 0.0993. The van der Waals surface area contributed by atoms with E-state index in [4.69, 9.17) is 20.4 Å². The van der Waals surface area contributed by atoms with Crippen LogP contribution in [0.1, 0.15) is 0 Å². The van der Waals surface area contributed by atoms with Crippen molar-refractivity contribution in [1.29, 1.82) is 0 Å². The first-order chi connectivity index (χ1) is 8.23. The standard InChI is InChI=1S/C10H22N2O5/c13-4-1-11(2-5-14)7-10(8-16)12(9-17)3-6-15/h7,13-17H,1-6,8-9H2. The molecule has 0 spiro atoms. The van der Waals surface area contributed by atoms with Crippen LogP contribution in [0.4, 0.5) is 0 Å². The zero-order valence-corrected chi connectivity index (χ0v) is 9.86. The number of nitrogens with zero attached hydrogens (tertiary/aromatic N) is 2. The van der Waals surface area contributed by atoms with Crippen molar-refractivity contribution < 1.29 is 25.5 Å². The van der Waals surface area contributed by atoms with Crippen LogP contribution in [0.15, 0.2) is 11.9 Å². The third kappa shape index (κ3) is 6.44. The molecular weight excluding hydrogens is 228 g/mol. The van der Waals surface area contributed by atoms with Crippen LogP contribution in [0.2, 0.25) is 0 Å². The van der Waals surface area contributed by atoms with Gasteiger partial charge in [0.2, 0.25) is 0 Å². The number of aliphatic hydroxyl groups excluding tert-OH is 5. The highest BCUT2D eigenvalue weighted by Crippen LogP contribution is 2.04. The monoisotopic (exact) mass is 250 g/mol. The van der Waals surface area contributed by atoms with Gasteiger partial charge in [-0.2, -0.15) is 0 Å². The van der Waals surface area contributed by atoms with Crippen LogP contribution in [-0.2, 0) is 0 Å². The van der Waals surface area contributed by atoms with Crippen molar-refractivity contribution in [2.24, 2.45) is 0 Å². The summed E-state index contributed by atoms with van der Waals surface area (Å²) < 4.78 is 0. The highest BCUT2D eigenvalue weighted by molar-refractivity contribution is 5.00. The largest absolute Gasteiger partial charge is 0.395 e. The van der Waals surface area contributed by atoms with Gasteiger partial charge < -0.3 is 35.3 Å². The van der Waals surface area contributed by atoms with Crippen LogP contribution in [-0.4, -0.2) is 88.1 Å². The third-order valence-corrected chi connectivity index (χ3v) is 2.21. The lowest BCUT2D eigenvalue weighted by Gasteiger charge is -2.26. The van der Waals surface area contributed by atoms with E-state index >= 15 is 0 Å². The average Bonchev–Trinajstić information content (AvgIpc) is 2.34. The molecule has 0 aromatic rings. The van der Waals surface area contributed by atoms with Crippen molar-refractivity contribution in [2.45, 2.75) is 0 Å². The molecular formula is C10H22N2O5. The van der Waals surface area contributed by atoms with E-state index in [0.29, 0.717) is 18.8 Å². The maximum atomic E-state index is 9.19. The highest BCUT2D eigenvalue weighted by atomic mass is 16.3. The fourth-order valence-electron chi connectivity index (χ4n) is 1.36. The van der Waals surface area contributed by atoms with Gasteiger partial charge >= 0.3 is 0 Å². The van der Waals surface area contributed by atoms with E-state index in [-0.39, 0.29) is 39.7 Å². The minimum absolute atomic E-state index is 0.0751. The van der Waals surface area contributed by atoms with Gasteiger partial charge in [-0.15, -0.1) is 0 Å². The van der Waals surface area contributed by atoms with Crippen LogP contribution < -0.4 is 0 Å². The summed E-state index contributed by atoms with van der Waals surface area (Å²) in [6.07, 6.45) is 1.55. The van der Waals surface area contributed by atoms with E-state index in [9.17, 15) is 5.11 Å². The van der Waals surface area contributed by atoms with Gasteiger partial charge in [-0.25, -0.2) is 0 Å². The average molecular weight is 250 g/mol. The van der Waals surface area contributed by atoms with E-state index in [0.717, 1.165) is 0 Å². The summed E-state index contributed by atoms with van der Waals surface area (Å²) >= 11 is 0. The van der Waals surface area contributed by atoms with Crippen molar-refractivity contribution in [1.82, 2.24) is 9.80 Å². The highest BCUT2D eigenvalue weighted by Gasteiger charge is 2.09. The molecule has 0 aliphatic heterocycles. The molecule has 0 aliphatic rings. The summed E-state index contributed by atoms with van der Waals surface area (Å²) in [4.78, 5) is 3.04. The number of aliphatic hydroxyl groups is 5. The fourth-order valence-corrected chi connectivity index (χ4v) is 1.36. The molecule has 7 nitrogen and oxygen atoms in total. The van der Waals surface area contributed by atoms with Gasteiger partial charge in [-0.05, 0) is 0 Å². The normalized spacial score (nSPS) is 11.7. The van der Waals surface area contributed by atoms with Crippen LogP contribution >= 0.6 is 0 Å². The molecule has 102 valence electrons. The van der Waals surface area contributed by atoms with Gasteiger partial charge in [0.15, 0.2) is 0 Å². The Morgan fingerprint density at radius 1 is 0.824 bits per heavy atom. The van der Waals surface area contributed by atoms with Crippen molar-refractivity contribution in [3.8, 4) is 0 Å². The van der Waals surface area contributed by atoms with E-state index < -0.39 is 0 Å². The second-order valence-corrected chi connectivity index (χ2v) is 3.39. The summed E-state index contributed by atoms with van der Waals surface area (Å²) in [7, 11) is 0. The van der Waals surface area contributed by atoms with Crippen LogP contribution in [0, 0.1) is 0 Å². The van der Waals surface area contributed by atoms with Gasteiger partial charge in [0.05, 0.1) is 32.1 Å². The fraction of sp³-hybridized carbons (Fsp3) is 0.800. The number of hydrogen-bond donors (Lipinski definition) is 5. The Labute approximate surface area is 101 Å². The van der Waals surface area contributed by atoms with Crippen LogP contribution in [0.25, 0.3) is 0 Å². The first-order valence-corrected chi connectivity index (χ1v) is 5.47. The summed E-state index contributed by atoms with van der Waals surface area (Å²) in [6.45, 7) is -0.0621. The Morgan fingerprint density at radius 2 is 1.35 bits per heavy atom. The summed E-state index contributed by atoms with van der Waals surface area (Å²) in [5.41, 5.74) is 0.420. The van der Waals surface area contributed by atoms with Crippen molar-refractivity contribution in [3.63, 3.8) is 0 Å². The summed E-state index contributed by atoms with van der Waals surface area (Å²) in [5.74, 6) is 0. The van der Waals surface area contributed by atoms with Gasteiger partial charge in [0, 0.05) is 25.8 Å². The maximum absolute atomic E-state index is 9.19. The Hall–Kier alpha value is -0.860. The maximum Gasteiger partial charge on any atom is 0.115 e. The third-order valence-electron chi connectivity index (χ3n) is 2.21. The molecule has 0 saturated carbocycles. The predicted octanol–water partition coefficient (Wildman–Crippen LogP) is -2.65. The molecule has 0 atom stereocenters. The molecule has 0 saturated heterocycles. The molecule has 0 rings (SSSR count). The zero-order valence-electron chi connectivity index (χ0n) is 9.86. The minimum atomic E-state index is -0.320. The van der Waals surface area contributed by atoms with Gasteiger partial charge in [-0.1, -0.05) is 0 Å². The predicted molar refractivity (Wildman–Crippen MR) is 61.8 cm³/mol. The van der Waals surface area contributed by atoms with E-state index in [1.165, 1.54) is 4.90 Å². The molecule has 0 aliphatic carbocycles. The van der Waals surface area contributed by atoms with E-state index in [1.807, 2.05) is 0 Å². The quantitative estimate of drug-likeness (QED) is 0.270. The molecule has 0 aromatic heterocycles.